The maximum atomic E-state index is 11.9. The molecular formula is C14H14N2O2. The van der Waals surface area contributed by atoms with Crippen molar-refractivity contribution in [2.24, 2.45) is 7.05 Å². The van der Waals surface area contributed by atoms with E-state index in [2.05, 4.69) is 5.10 Å². The molecule has 0 unspecified atom stereocenters. The van der Waals surface area contributed by atoms with Gasteiger partial charge < -0.3 is 0 Å². The molecule has 92 valence electrons. The summed E-state index contributed by atoms with van der Waals surface area (Å²) in [7, 11) is 1.85. The summed E-state index contributed by atoms with van der Waals surface area (Å²) in [5, 5.41) is 4.06. The van der Waals surface area contributed by atoms with Crippen LogP contribution < -0.4 is 0 Å². The Hall–Kier alpha value is -2.23. The minimum Gasteiger partial charge on any atom is -0.298 e. The summed E-state index contributed by atoms with van der Waals surface area (Å²) in [5.41, 5.74) is 2.28. The fourth-order valence-corrected chi connectivity index (χ4v) is 1.75. The van der Waals surface area contributed by atoms with Gasteiger partial charge in [-0.15, -0.1) is 0 Å². The highest BCUT2D eigenvalue weighted by atomic mass is 16.1. The molecule has 0 atom stereocenters. The monoisotopic (exact) mass is 242 g/mol. The largest absolute Gasteiger partial charge is 0.298 e. The van der Waals surface area contributed by atoms with E-state index in [0.717, 1.165) is 11.8 Å². The van der Waals surface area contributed by atoms with Gasteiger partial charge in [-0.05, 0) is 12.0 Å². The average Bonchev–Trinajstić information content (AvgIpc) is 2.82. The fraction of sp³-hybridized carbons (Fsp3) is 0.214. The first kappa shape index (κ1) is 12.2. The molecule has 4 heteroatoms. The van der Waals surface area contributed by atoms with E-state index in [-0.39, 0.29) is 5.78 Å². The van der Waals surface area contributed by atoms with Crippen molar-refractivity contribution >= 4 is 12.1 Å². The molecule has 0 saturated carbocycles. The lowest BCUT2D eigenvalue weighted by atomic mass is 10.0. The number of hydrogen-bond donors (Lipinski definition) is 0. The fourth-order valence-electron chi connectivity index (χ4n) is 1.75. The van der Waals surface area contributed by atoms with Crippen LogP contribution in [0.2, 0.25) is 0 Å². The van der Waals surface area contributed by atoms with Crippen LogP contribution in [0.4, 0.5) is 0 Å². The lowest BCUT2D eigenvalue weighted by molar-refractivity contribution is 0.0982. The van der Waals surface area contributed by atoms with E-state index in [0.29, 0.717) is 24.0 Å². The van der Waals surface area contributed by atoms with Gasteiger partial charge in [0.05, 0.1) is 6.20 Å². The van der Waals surface area contributed by atoms with Crippen LogP contribution in [0.15, 0.2) is 36.7 Å². The van der Waals surface area contributed by atoms with Gasteiger partial charge in [-0.3, -0.25) is 14.3 Å². The number of carbonyl (C=O) groups excluding carboxylic acids is 2. The van der Waals surface area contributed by atoms with Crippen molar-refractivity contribution in [3.63, 3.8) is 0 Å². The zero-order valence-corrected chi connectivity index (χ0v) is 10.2. The van der Waals surface area contributed by atoms with E-state index in [9.17, 15) is 9.59 Å². The summed E-state index contributed by atoms with van der Waals surface area (Å²) in [6.45, 7) is 0. The van der Waals surface area contributed by atoms with Gasteiger partial charge >= 0.3 is 0 Å². The number of aryl methyl sites for hydroxylation is 2. The lowest BCUT2D eigenvalue weighted by Gasteiger charge is -2.00. The van der Waals surface area contributed by atoms with Crippen molar-refractivity contribution in [3.8, 4) is 0 Å². The highest BCUT2D eigenvalue weighted by Gasteiger charge is 2.06. The highest BCUT2D eigenvalue weighted by Crippen LogP contribution is 2.09. The zero-order valence-electron chi connectivity index (χ0n) is 10.2. The molecule has 1 heterocycles. The van der Waals surface area contributed by atoms with Crippen LogP contribution in [-0.2, 0) is 13.5 Å². The van der Waals surface area contributed by atoms with Crippen LogP contribution in [0.3, 0.4) is 0 Å². The van der Waals surface area contributed by atoms with E-state index in [1.807, 2.05) is 13.2 Å². The van der Waals surface area contributed by atoms with Crippen LogP contribution in [-0.4, -0.2) is 21.8 Å². The summed E-state index contributed by atoms with van der Waals surface area (Å²) in [6.07, 6.45) is 5.57. The van der Waals surface area contributed by atoms with E-state index in [1.54, 1.807) is 35.1 Å². The summed E-state index contributed by atoms with van der Waals surface area (Å²) in [6, 6.07) is 6.69. The molecule has 2 aromatic rings. The Morgan fingerprint density at radius 1 is 1.33 bits per heavy atom. The Kier molecular flexibility index (Phi) is 3.67. The number of ketones is 1. The molecule has 0 bridgehead atoms. The molecule has 2 rings (SSSR count). The average molecular weight is 242 g/mol. The molecule has 1 aromatic heterocycles. The molecule has 1 aromatic carbocycles. The van der Waals surface area contributed by atoms with Crippen LogP contribution in [0.25, 0.3) is 0 Å². The van der Waals surface area contributed by atoms with Crippen molar-refractivity contribution < 1.29 is 9.59 Å². The van der Waals surface area contributed by atoms with Gasteiger partial charge in [0.2, 0.25) is 0 Å². The molecule has 4 nitrogen and oxygen atoms in total. The Bertz CT molecular complexity index is 555. The second-order valence-electron chi connectivity index (χ2n) is 4.19. The summed E-state index contributed by atoms with van der Waals surface area (Å²) in [5.74, 6) is 0.0799. The first-order valence-electron chi connectivity index (χ1n) is 5.75. The molecule has 0 aliphatic heterocycles. The Morgan fingerprint density at radius 2 is 2.06 bits per heavy atom. The molecule has 0 radical (unpaired) electrons. The standard InChI is InChI=1S/C14H14N2O2/c1-16-9-12(8-15-16)4-7-14(18)13-5-2-11(10-17)3-6-13/h2-3,5-6,8-10H,4,7H2,1H3. The van der Waals surface area contributed by atoms with E-state index in [4.69, 9.17) is 0 Å². The predicted octanol–water partition coefficient (Wildman–Crippen LogP) is 2.05. The van der Waals surface area contributed by atoms with Crippen LogP contribution in [0.5, 0.6) is 0 Å². The Labute approximate surface area is 105 Å². The third kappa shape index (κ3) is 2.91. The summed E-state index contributed by atoms with van der Waals surface area (Å²) >= 11 is 0. The quantitative estimate of drug-likeness (QED) is 0.595. The van der Waals surface area contributed by atoms with Gasteiger partial charge in [0.25, 0.3) is 0 Å². The predicted molar refractivity (Wildman–Crippen MR) is 67.7 cm³/mol. The summed E-state index contributed by atoms with van der Waals surface area (Å²) in [4.78, 5) is 22.4. The molecule has 0 aliphatic rings. The first-order chi connectivity index (χ1) is 8.69. The molecular weight excluding hydrogens is 228 g/mol. The van der Waals surface area contributed by atoms with Gasteiger partial charge in [0, 0.05) is 30.8 Å². The summed E-state index contributed by atoms with van der Waals surface area (Å²) < 4.78 is 1.72. The minimum absolute atomic E-state index is 0.0799. The zero-order chi connectivity index (χ0) is 13.0. The van der Waals surface area contributed by atoms with Crippen molar-refractivity contribution in [1.82, 2.24) is 9.78 Å². The third-order valence-electron chi connectivity index (χ3n) is 2.77. The number of carbonyl (C=O) groups is 2. The SMILES string of the molecule is Cn1cc(CCC(=O)c2ccc(C=O)cc2)cn1. The van der Waals surface area contributed by atoms with Crippen molar-refractivity contribution in [3.05, 3.63) is 53.3 Å². The van der Waals surface area contributed by atoms with Crippen molar-refractivity contribution in [1.29, 1.82) is 0 Å². The molecule has 18 heavy (non-hydrogen) atoms. The topological polar surface area (TPSA) is 52.0 Å². The van der Waals surface area contributed by atoms with Crippen LogP contribution in [0, 0.1) is 0 Å². The number of nitrogens with zero attached hydrogens (tertiary/aromatic N) is 2. The van der Waals surface area contributed by atoms with Gasteiger partial charge in [-0.25, -0.2) is 0 Å². The molecule has 0 amide bonds. The second kappa shape index (κ2) is 5.40. The van der Waals surface area contributed by atoms with Crippen LogP contribution >= 0.6 is 0 Å². The number of Topliss-reactive ketones (excluding diaryl/α,β-unsaturated/α-hetero) is 1. The van der Waals surface area contributed by atoms with Gasteiger partial charge in [-0.2, -0.15) is 5.10 Å². The number of hydrogen-bond acceptors (Lipinski definition) is 3. The number of benzene rings is 1. The van der Waals surface area contributed by atoms with E-state index >= 15 is 0 Å². The molecule has 0 N–H and O–H groups in total. The molecule has 0 aliphatic carbocycles. The number of aromatic nitrogens is 2. The van der Waals surface area contributed by atoms with Crippen molar-refractivity contribution in [2.45, 2.75) is 12.8 Å². The minimum atomic E-state index is 0.0799. The normalized spacial score (nSPS) is 10.3. The van der Waals surface area contributed by atoms with Crippen molar-refractivity contribution in [2.75, 3.05) is 0 Å². The first-order valence-corrected chi connectivity index (χ1v) is 5.75. The van der Waals surface area contributed by atoms with Gasteiger partial charge in [0.1, 0.15) is 6.29 Å². The van der Waals surface area contributed by atoms with Crippen LogP contribution in [0.1, 0.15) is 32.7 Å². The number of rotatable bonds is 5. The second-order valence-corrected chi connectivity index (χ2v) is 4.19. The number of aldehydes is 1. The third-order valence-corrected chi connectivity index (χ3v) is 2.77. The Morgan fingerprint density at radius 3 is 2.61 bits per heavy atom. The lowest BCUT2D eigenvalue weighted by Crippen LogP contribution is -2.01. The van der Waals surface area contributed by atoms with Gasteiger partial charge in [0.15, 0.2) is 5.78 Å². The smallest absolute Gasteiger partial charge is 0.163 e. The van der Waals surface area contributed by atoms with E-state index in [1.165, 1.54) is 0 Å². The molecule has 0 fully saturated rings. The maximum absolute atomic E-state index is 11.9. The maximum Gasteiger partial charge on any atom is 0.163 e. The Balaban J connectivity index is 1.96. The van der Waals surface area contributed by atoms with E-state index < -0.39 is 0 Å². The molecule has 0 spiro atoms. The molecule has 0 saturated heterocycles. The highest BCUT2D eigenvalue weighted by molar-refractivity contribution is 5.96. The van der Waals surface area contributed by atoms with Gasteiger partial charge in [-0.1, -0.05) is 24.3 Å².